The van der Waals surface area contributed by atoms with Crippen LogP contribution in [0, 0.1) is 5.82 Å². The third-order valence-corrected chi connectivity index (χ3v) is 4.17. The molecule has 4 aromatic rings. The smallest absolute Gasteiger partial charge is 0.231 e. The normalized spacial score (nSPS) is 11.0. The molecule has 0 N–H and O–H groups in total. The van der Waals surface area contributed by atoms with Crippen LogP contribution in [-0.2, 0) is 13.0 Å². The van der Waals surface area contributed by atoms with Gasteiger partial charge in [-0.1, -0.05) is 35.5 Å². The standard InChI is InChI=1S/C20H17FN4O/c1-2-25-18(10-11-22-25)15-4-3-5-16(13-15)20-23-19(26-24-20)12-14-6-8-17(21)9-7-14/h3-11,13H,2,12H2,1H3. The lowest BCUT2D eigenvalue weighted by atomic mass is 10.1. The van der Waals surface area contributed by atoms with Crippen molar-refractivity contribution < 1.29 is 8.91 Å². The van der Waals surface area contributed by atoms with E-state index in [0.29, 0.717) is 18.1 Å². The molecule has 0 aliphatic heterocycles. The lowest BCUT2D eigenvalue weighted by molar-refractivity contribution is 0.385. The molecule has 0 atom stereocenters. The van der Waals surface area contributed by atoms with E-state index >= 15 is 0 Å². The maximum Gasteiger partial charge on any atom is 0.231 e. The second-order valence-corrected chi connectivity index (χ2v) is 5.93. The summed E-state index contributed by atoms with van der Waals surface area (Å²) in [6.07, 6.45) is 2.26. The molecule has 130 valence electrons. The van der Waals surface area contributed by atoms with E-state index < -0.39 is 0 Å². The minimum absolute atomic E-state index is 0.261. The fraction of sp³-hybridized carbons (Fsp3) is 0.150. The molecule has 2 heterocycles. The number of hydrogen-bond donors (Lipinski definition) is 0. The average Bonchev–Trinajstić information content (AvgIpc) is 3.33. The first kappa shape index (κ1) is 16.2. The minimum Gasteiger partial charge on any atom is -0.339 e. The largest absolute Gasteiger partial charge is 0.339 e. The molecule has 0 spiro atoms. The Kier molecular flexibility index (Phi) is 4.31. The fourth-order valence-electron chi connectivity index (χ4n) is 2.87. The molecule has 6 heteroatoms. The second-order valence-electron chi connectivity index (χ2n) is 5.93. The fourth-order valence-corrected chi connectivity index (χ4v) is 2.87. The van der Waals surface area contributed by atoms with Crippen LogP contribution in [0.25, 0.3) is 22.6 Å². The molecular formula is C20H17FN4O. The minimum atomic E-state index is -0.261. The first-order valence-corrected chi connectivity index (χ1v) is 8.42. The van der Waals surface area contributed by atoms with Crippen molar-refractivity contribution in [3.05, 3.63) is 78.1 Å². The highest BCUT2D eigenvalue weighted by atomic mass is 19.1. The third kappa shape index (κ3) is 3.26. The first-order chi connectivity index (χ1) is 12.7. The molecule has 0 fully saturated rings. The molecule has 0 saturated heterocycles. The molecular weight excluding hydrogens is 331 g/mol. The summed E-state index contributed by atoms with van der Waals surface area (Å²) in [5.41, 5.74) is 3.89. The van der Waals surface area contributed by atoms with E-state index in [-0.39, 0.29) is 5.82 Å². The zero-order valence-electron chi connectivity index (χ0n) is 14.3. The molecule has 0 aliphatic rings. The van der Waals surface area contributed by atoms with Crippen molar-refractivity contribution in [3.63, 3.8) is 0 Å². The molecule has 0 radical (unpaired) electrons. The summed E-state index contributed by atoms with van der Waals surface area (Å²) in [6, 6.07) is 16.2. The predicted octanol–water partition coefficient (Wildman–Crippen LogP) is 4.35. The first-order valence-electron chi connectivity index (χ1n) is 8.42. The van der Waals surface area contributed by atoms with Crippen LogP contribution < -0.4 is 0 Å². The summed E-state index contributed by atoms with van der Waals surface area (Å²) in [5.74, 6) is 0.769. The van der Waals surface area contributed by atoms with Crippen molar-refractivity contribution in [2.45, 2.75) is 19.9 Å². The van der Waals surface area contributed by atoms with Crippen LogP contribution in [0.4, 0.5) is 4.39 Å². The van der Waals surface area contributed by atoms with E-state index in [4.69, 9.17) is 4.52 Å². The van der Waals surface area contributed by atoms with E-state index in [1.165, 1.54) is 12.1 Å². The Morgan fingerprint density at radius 3 is 2.65 bits per heavy atom. The van der Waals surface area contributed by atoms with Gasteiger partial charge in [0.25, 0.3) is 0 Å². The zero-order chi connectivity index (χ0) is 17.9. The van der Waals surface area contributed by atoms with Crippen LogP contribution in [0.5, 0.6) is 0 Å². The van der Waals surface area contributed by atoms with Gasteiger partial charge in [-0.2, -0.15) is 10.1 Å². The van der Waals surface area contributed by atoms with Gasteiger partial charge in [0, 0.05) is 23.9 Å². The summed E-state index contributed by atoms with van der Waals surface area (Å²) >= 11 is 0. The number of aromatic nitrogens is 4. The summed E-state index contributed by atoms with van der Waals surface area (Å²) in [5, 5.41) is 8.39. The SMILES string of the molecule is CCn1nccc1-c1cccc(-c2noc(Cc3ccc(F)cc3)n2)c1. The van der Waals surface area contributed by atoms with Gasteiger partial charge in [0.05, 0.1) is 12.1 Å². The van der Waals surface area contributed by atoms with Crippen LogP contribution in [0.3, 0.4) is 0 Å². The molecule has 0 unspecified atom stereocenters. The summed E-state index contributed by atoms with van der Waals surface area (Å²) in [6.45, 7) is 2.86. The number of rotatable bonds is 5. The lowest BCUT2D eigenvalue weighted by Gasteiger charge is -2.05. The van der Waals surface area contributed by atoms with Crippen molar-refractivity contribution in [2.75, 3.05) is 0 Å². The third-order valence-electron chi connectivity index (χ3n) is 4.17. The maximum absolute atomic E-state index is 13.0. The molecule has 5 nitrogen and oxygen atoms in total. The maximum atomic E-state index is 13.0. The Bertz CT molecular complexity index is 1020. The lowest BCUT2D eigenvalue weighted by Crippen LogP contribution is -1.98. The van der Waals surface area contributed by atoms with Gasteiger partial charge in [0.15, 0.2) is 0 Å². The van der Waals surface area contributed by atoms with E-state index in [1.54, 1.807) is 18.3 Å². The van der Waals surface area contributed by atoms with Gasteiger partial charge in [-0.3, -0.25) is 4.68 Å². The summed E-state index contributed by atoms with van der Waals surface area (Å²) < 4.78 is 20.3. The Balaban J connectivity index is 1.59. The molecule has 4 rings (SSSR count). The number of hydrogen-bond acceptors (Lipinski definition) is 4. The van der Waals surface area contributed by atoms with Crippen molar-refractivity contribution in [2.24, 2.45) is 0 Å². The number of halogens is 1. The second kappa shape index (κ2) is 6.92. The van der Waals surface area contributed by atoms with Gasteiger partial charge in [-0.15, -0.1) is 0 Å². The van der Waals surface area contributed by atoms with E-state index in [0.717, 1.165) is 28.9 Å². The average molecular weight is 348 g/mol. The van der Waals surface area contributed by atoms with E-state index in [2.05, 4.69) is 22.2 Å². The van der Waals surface area contributed by atoms with Gasteiger partial charge in [-0.05, 0) is 36.8 Å². The van der Waals surface area contributed by atoms with Gasteiger partial charge >= 0.3 is 0 Å². The summed E-state index contributed by atoms with van der Waals surface area (Å²) in [4.78, 5) is 4.47. The Morgan fingerprint density at radius 2 is 1.85 bits per heavy atom. The van der Waals surface area contributed by atoms with Crippen LogP contribution >= 0.6 is 0 Å². The molecule has 0 aliphatic carbocycles. The highest BCUT2D eigenvalue weighted by Gasteiger charge is 2.11. The highest BCUT2D eigenvalue weighted by Crippen LogP contribution is 2.25. The van der Waals surface area contributed by atoms with Gasteiger partial charge in [-0.25, -0.2) is 4.39 Å². The van der Waals surface area contributed by atoms with Crippen molar-refractivity contribution in [1.29, 1.82) is 0 Å². The molecule has 2 aromatic carbocycles. The van der Waals surface area contributed by atoms with Gasteiger partial charge in [0.2, 0.25) is 11.7 Å². The molecule has 0 bridgehead atoms. The topological polar surface area (TPSA) is 56.7 Å². The predicted molar refractivity (Wildman–Crippen MR) is 95.8 cm³/mol. The van der Waals surface area contributed by atoms with E-state index in [9.17, 15) is 4.39 Å². The highest BCUT2D eigenvalue weighted by molar-refractivity contribution is 5.67. The number of aryl methyl sites for hydroxylation is 1. The van der Waals surface area contributed by atoms with Crippen LogP contribution in [-0.4, -0.2) is 19.9 Å². The molecule has 2 aromatic heterocycles. The molecule has 0 amide bonds. The monoisotopic (exact) mass is 348 g/mol. The number of nitrogens with zero attached hydrogens (tertiary/aromatic N) is 4. The number of benzene rings is 2. The van der Waals surface area contributed by atoms with Gasteiger partial charge < -0.3 is 4.52 Å². The van der Waals surface area contributed by atoms with E-state index in [1.807, 2.05) is 35.0 Å². The van der Waals surface area contributed by atoms with Crippen LogP contribution in [0.2, 0.25) is 0 Å². The quantitative estimate of drug-likeness (QED) is 0.538. The Hall–Kier alpha value is -3.28. The van der Waals surface area contributed by atoms with Crippen LogP contribution in [0.1, 0.15) is 18.4 Å². The van der Waals surface area contributed by atoms with Gasteiger partial charge in [0.1, 0.15) is 5.82 Å². The zero-order valence-corrected chi connectivity index (χ0v) is 14.3. The van der Waals surface area contributed by atoms with Crippen molar-refractivity contribution in [1.82, 2.24) is 19.9 Å². The Labute approximate surface area is 150 Å². The molecule has 26 heavy (non-hydrogen) atoms. The van der Waals surface area contributed by atoms with Crippen molar-refractivity contribution >= 4 is 0 Å². The Morgan fingerprint density at radius 1 is 1.04 bits per heavy atom. The summed E-state index contributed by atoms with van der Waals surface area (Å²) in [7, 11) is 0. The van der Waals surface area contributed by atoms with Crippen molar-refractivity contribution in [3.8, 4) is 22.6 Å². The van der Waals surface area contributed by atoms with Crippen LogP contribution in [0.15, 0.2) is 65.3 Å². The molecule has 0 saturated carbocycles.